The van der Waals surface area contributed by atoms with Crippen molar-refractivity contribution in [2.45, 2.75) is 46.3 Å². The molecule has 0 amide bonds. The molecule has 0 saturated heterocycles. The highest BCUT2D eigenvalue weighted by Gasteiger charge is 2.19. The first kappa shape index (κ1) is 15.8. The number of ether oxygens (including phenoxy) is 2. The monoisotopic (exact) mass is 265 g/mol. The molecule has 1 unspecified atom stereocenters. The predicted molar refractivity (Wildman–Crippen MR) is 80.0 cm³/mol. The molecule has 1 N–H and O–H groups in total. The lowest BCUT2D eigenvalue weighted by atomic mass is 10.0. The molecule has 1 aromatic carbocycles. The third-order valence-corrected chi connectivity index (χ3v) is 2.92. The van der Waals surface area contributed by atoms with Crippen molar-refractivity contribution in [2.75, 3.05) is 13.7 Å². The Morgan fingerprint density at radius 1 is 1.11 bits per heavy atom. The number of hydrogen-bond acceptors (Lipinski definition) is 3. The van der Waals surface area contributed by atoms with Crippen LogP contribution in [-0.2, 0) is 0 Å². The summed E-state index contributed by atoms with van der Waals surface area (Å²) in [7, 11) is 1.67. The molecular formula is C16H27NO2. The van der Waals surface area contributed by atoms with Crippen molar-refractivity contribution in [1.29, 1.82) is 0 Å². The summed E-state index contributed by atoms with van der Waals surface area (Å²) >= 11 is 0. The summed E-state index contributed by atoms with van der Waals surface area (Å²) in [4.78, 5) is 0. The molecule has 0 aliphatic carbocycles. The number of hydrogen-bond donors (Lipinski definition) is 1. The topological polar surface area (TPSA) is 30.5 Å². The van der Waals surface area contributed by atoms with E-state index in [-0.39, 0.29) is 11.6 Å². The minimum Gasteiger partial charge on any atom is -0.493 e. The molecular weight excluding hydrogens is 238 g/mol. The number of benzene rings is 1. The smallest absolute Gasteiger partial charge is 0.161 e. The van der Waals surface area contributed by atoms with Crippen LogP contribution in [0.4, 0.5) is 0 Å². The SMILES string of the molecule is COc1ccccc1OC(CNC(C)(C)C)C(C)C. The summed E-state index contributed by atoms with van der Waals surface area (Å²) < 4.78 is 11.4. The van der Waals surface area contributed by atoms with Gasteiger partial charge in [-0.25, -0.2) is 0 Å². The van der Waals surface area contributed by atoms with Gasteiger partial charge >= 0.3 is 0 Å². The summed E-state index contributed by atoms with van der Waals surface area (Å²) in [6, 6.07) is 7.78. The van der Waals surface area contributed by atoms with Crippen LogP contribution < -0.4 is 14.8 Å². The first-order chi connectivity index (χ1) is 8.83. The average molecular weight is 265 g/mol. The molecule has 0 aliphatic rings. The molecule has 0 spiro atoms. The Morgan fingerprint density at radius 3 is 2.16 bits per heavy atom. The molecule has 3 heteroatoms. The van der Waals surface area contributed by atoms with Gasteiger partial charge in [0.2, 0.25) is 0 Å². The van der Waals surface area contributed by atoms with Crippen LogP contribution in [0.25, 0.3) is 0 Å². The minimum atomic E-state index is 0.0945. The van der Waals surface area contributed by atoms with Gasteiger partial charge in [0.05, 0.1) is 7.11 Å². The third-order valence-electron chi connectivity index (χ3n) is 2.92. The van der Waals surface area contributed by atoms with E-state index in [9.17, 15) is 0 Å². The first-order valence-corrected chi connectivity index (χ1v) is 6.88. The van der Waals surface area contributed by atoms with Gasteiger partial charge in [-0.3, -0.25) is 0 Å². The van der Waals surface area contributed by atoms with E-state index in [0.717, 1.165) is 18.0 Å². The molecule has 0 fully saturated rings. The van der Waals surface area contributed by atoms with E-state index < -0.39 is 0 Å². The standard InChI is InChI=1S/C16H27NO2/c1-12(2)15(11-17-16(3,4)5)19-14-10-8-7-9-13(14)18-6/h7-10,12,15,17H,11H2,1-6H3. The van der Waals surface area contributed by atoms with Crippen LogP contribution in [0.3, 0.4) is 0 Å². The largest absolute Gasteiger partial charge is 0.493 e. The summed E-state index contributed by atoms with van der Waals surface area (Å²) in [5, 5.41) is 3.50. The van der Waals surface area contributed by atoms with Gasteiger partial charge in [0.1, 0.15) is 6.10 Å². The Hall–Kier alpha value is -1.22. The maximum absolute atomic E-state index is 6.11. The number of para-hydroxylation sites is 2. The van der Waals surface area contributed by atoms with E-state index in [2.05, 4.69) is 39.9 Å². The summed E-state index contributed by atoms with van der Waals surface area (Å²) in [6.45, 7) is 11.6. The van der Waals surface area contributed by atoms with Crippen molar-refractivity contribution in [1.82, 2.24) is 5.32 Å². The summed E-state index contributed by atoms with van der Waals surface area (Å²) in [6.07, 6.45) is 0.121. The molecule has 1 aromatic rings. The van der Waals surface area contributed by atoms with E-state index in [1.165, 1.54) is 0 Å². The van der Waals surface area contributed by atoms with Gasteiger partial charge in [-0.05, 0) is 38.8 Å². The molecule has 3 nitrogen and oxygen atoms in total. The van der Waals surface area contributed by atoms with Crippen molar-refractivity contribution in [2.24, 2.45) is 5.92 Å². The number of nitrogens with one attached hydrogen (secondary N) is 1. The fourth-order valence-electron chi connectivity index (χ4n) is 1.70. The van der Waals surface area contributed by atoms with Crippen molar-refractivity contribution < 1.29 is 9.47 Å². The van der Waals surface area contributed by atoms with Gasteiger partial charge in [0.25, 0.3) is 0 Å². The lowest BCUT2D eigenvalue weighted by Gasteiger charge is -2.28. The zero-order valence-electron chi connectivity index (χ0n) is 13.0. The molecule has 1 atom stereocenters. The second kappa shape index (κ2) is 6.80. The quantitative estimate of drug-likeness (QED) is 0.854. The lowest BCUT2D eigenvalue weighted by Crippen LogP contribution is -2.44. The Balaban J connectivity index is 2.73. The van der Waals surface area contributed by atoms with Crippen LogP contribution in [0, 0.1) is 5.92 Å². The third kappa shape index (κ3) is 5.52. The van der Waals surface area contributed by atoms with E-state index in [1.54, 1.807) is 7.11 Å². The maximum Gasteiger partial charge on any atom is 0.161 e. The van der Waals surface area contributed by atoms with Gasteiger partial charge in [0.15, 0.2) is 11.5 Å². The molecule has 0 aromatic heterocycles. The zero-order chi connectivity index (χ0) is 14.5. The van der Waals surface area contributed by atoms with Gasteiger partial charge in [-0.2, -0.15) is 0 Å². The Morgan fingerprint density at radius 2 is 1.68 bits per heavy atom. The Kier molecular flexibility index (Phi) is 5.67. The predicted octanol–water partition coefficient (Wildman–Crippen LogP) is 3.49. The second-order valence-corrected chi connectivity index (χ2v) is 6.18. The molecule has 19 heavy (non-hydrogen) atoms. The van der Waals surface area contributed by atoms with Crippen molar-refractivity contribution >= 4 is 0 Å². The summed E-state index contributed by atoms with van der Waals surface area (Å²) in [5.74, 6) is 2.02. The van der Waals surface area contributed by atoms with Crippen LogP contribution in [-0.4, -0.2) is 25.3 Å². The van der Waals surface area contributed by atoms with Crippen LogP contribution >= 0.6 is 0 Å². The Labute approximate surface area is 117 Å². The highest BCUT2D eigenvalue weighted by molar-refractivity contribution is 5.39. The fourth-order valence-corrected chi connectivity index (χ4v) is 1.70. The van der Waals surface area contributed by atoms with E-state index in [0.29, 0.717) is 5.92 Å². The van der Waals surface area contributed by atoms with Crippen LogP contribution in [0.5, 0.6) is 11.5 Å². The van der Waals surface area contributed by atoms with Gasteiger partial charge in [-0.1, -0.05) is 26.0 Å². The first-order valence-electron chi connectivity index (χ1n) is 6.88. The lowest BCUT2D eigenvalue weighted by molar-refractivity contribution is 0.135. The van der Waals surface area contributed by atoms with Gasteiger partial charge < -0.3 is 14.8 Å². The maximum atomic E-state index is 6.11. The zero-order valence-corrected chi connectivity index (χ0v) is 13.0. The highest BCUT2D eigenvalue weighted by atomic mass is 16.5. The van der Waals surface area contributed by atoms with Crippen LogP contribution in [0.1, 0.15) is 34.6 Å². The van der Waals surface area contributed by atoms with Gasteiger partial charge in [0, 0.05) is 12.1 Å². The highest BCUT2D eigenvalue weighted by Crippen LogP contribution is 2.28. The average Bonchev–Trinajstić information content (AvgIpc) is 2.33. The van der Waals surface area contributed by atoms with E-state index in [4.69, 9.17) is 9.47 Å². The molecule has 0 saturated carbocycles. The van der Waals surface area contributed by atoms with Crippen molar-refractivity contribution in [3.05, 3.63) is 24.3 Å². The molecule has 0 heterocycles. The Bertz CT molecular complexity index is 383. The van der Waals surface area contributed by atoms with E-state index >= 15 is 0 Å². The van der Waals surface area contributed by atoms with Gasteiger partial charge in [-0.15, -0.1) is 0 Å². The fraction of sp³-hybridized carbons (Fsp3) is 0.625. The molecule has 0 aliphatic heterocycles. The molecule has 1 rings (SSSR count). The van der Waals surface area contributed by atoms with Crippen LogP contribution in [0.15, 0.2) is 24.3 Å². The molecule has 108 valence electrons. The number of rotatable bonds is 6. The normalized spacial score (nSPS) is 13.4. The number of methoxy groups -OCH3 is 1. The second-order valence-electron chi connectivity index (χ2n) is 6.18. The van der Waals surface area contributed by atoms with Crippen molar-refractivity contribution in [3.8, 4) is 11.5 Å². The van der Waals surface area contributed by atoms with Crippen molar-refractivity contribution in [3.63, 3.8) is 0 Å². The minimum absolute atomic E-state index is 0.0945. The van der Waals surface area contributed by atoms with Crippen LogP contribution in [0.2, 0.25) is 0 Å². The summed E-state index contributed by atoms with van der Waals surface area (Å²) in [5.41, 5.74) is 0.0945. The molecule has 0 radical (unpaired) electrons. The van der Waals surface area contributed by atoms with E-state index in [1.807, 2.05) is 24.3 Å². The molecule has 0 bridgehead atoms.